The first kappa shape index (κ1) is 9.66. The van der Waals surface area contributed by atoms with Gasteiger partial charge in [-0.2, -0.15) is 0 Å². The third-order valence-electron chi connectivity index (χ3n) is 3.06. The van der Waals surface area contributed by atoms with Crippen LogP contribution in [0.2, 0.25) is 0 Å². The Morgan fingerprint density at radius 1 is 1.44 bits per heavy atom. The van der Waals surface area contributed by atoms with Gasteiger partial charge >= 0.3 is 0 Å². The molecule has 1 aliphatic heterocycles. The third-order valence-corrected chi connectivity index (χ3v) is 3.06. The van der Waals surface area contributed by atoms with Crippen molar-refractivity contribution < 1.29 is 0 Å². The van der Waals surface area contributed by atoms with E-state index in [0.29, 0.717) is 0 Å². The van der Waals surface area contributed by atoms with Crippen LogP contribution >= 0.6 is 0 Å². The van der Waals surface area contributed by atoms with Crippen LogP contribution in [-0.4, -0.2) is 29.6 Å². The summed E-state index contributed by atoms with van der Waals surface area (Å²) in [6, 6.07) is 6.27. The summed E-state index contributed by atoms with van der Waals surface area (Å²) in [6.07, 6.45) is 0. The molecule has 16 heavy (non-hydrogen) atoms. The monoisotopic (exact) mass is 216 g/mol. The molecule has 1 aliphatic rings. The smallest absolute Gasteiger partial charge is 0.104 e. The molecule has 1 fully saturated rings. The summed E-state index contributed by atoms with van der Waals surface area (Å²) in [5.74, 6) is 1.74. The van der Waals surface area contributed by atoms with Crippen molar-refractivity contribution in [1.82, 2.24) is 15.3 Å². The number of anilines is 1. The molecular weight excluding hydrogens is 200 g/mol. The molecule has 0 spiro atoms. The first-order valence-corrected chi connectivity index (χ1v) is 5.72. The first-order chi connectivity index (χ1) is 7.81. The lowest BCUT2D eigenvalue weighted by molar-refractivity contribution is 0.365. The number of nitrogens with zero attached hydrogens (tertiary/aromatic N) is 1. The summed E-state index contributed by atoms with van der Waals surface area (Å²) in [7, 11) is 0. The van der Waals surface area contributed by atoms with Crippen LogP contribution in [0.3, 0.4) is 0 Å². The van der Waals surface area contributed by atoms with Crippen molar-refractivity contribution >= 4 is 16.7 Å². The minimum absolute atomic E-state index is 0.777. The Labute approximate surface area is 94.5 Å². The molecule has 0 amide bonds. The maximum absolute atomic E-state index is 4.38. The van der Waals surface area contributed by atoms with Gasteiger partial charge in [0.1, 0.15) is 5.82 Å². The van der Waals surface area contributed by atoms with Gasteiger partial charge in [0.25, 0.3) is 0 Å². The SMILES string of the molecule is Cc1nc2ccc(NCC3CNC3)cc2[nH]1. The maximum atomic E-state index is 4.38. The summed E-state index contributed by atoms with van der Waals surface area (Å²) in [5, 5.41) is 6.73. The van der Waals surface area contributed by atoms with Gasteiger partial charge in [-0.25, -0.2) is 4.98 Å². The maximum Gasteiger partial charge on any atom is 0.104 e. The number of imidazole rings is 1. The molecule has 0 radical (unpaired) electrons. The second kappa shape index (κ2) is 3.79. The van der Waals surface area contributed by atoms with Gasteiger partial charge in [-0.3, -0.25) is 0 Å². The zero-order valence-corrected chi connectivity index (χ0v) is 9.38. The van der Waals surface area contributed by atoms with E-state index in [1.54, 1.807) is 0 Å². The molecule has 1 aromatic heterocycles. The highest BCUT2D eigenvalue weighted by atomic mass is 15.0. The Hall–Kier alpha value is -1.55. The lowest BCUT2D eigenvalue weighted by Crippen LogP contribution is -2.45. The van der Waals surface area contributed by atoms with Crippen molar-refractivity contribution in [1.29, 1.82) is 0 Å². The molecule has 0 bridgehead atoms. The van der Waals surface area contributed by atoms with E-state index in [1.165, 1.54) is 5.69 Å². The molecule has 2 heterocycles. The number of fused-ring (bicyclic) bond motifs is 1. The van der Waals surface area contributed by atoms with Crippen LogP contribution < -0.4 is 10.6 Å². The van der Waals surface area contributed by atoms with Crippen molar-refractivity contribution in [3.05, 3.63) is 24.0 Å². The normalized spacial score (nSPS) is 16.3. The van der Waals surface area contributed by atoms with E-state index < -0.39 is 0 Å². The molecule has 3 N–H and O–H groups in total. The highest BCUT2D eigenvalue weighted by Gasteiger charge is 2.15. The van der Waals surface area contributed by atoms with Crippen LogP contribution in [0.25, 0.3) is 11.0 Å². The van der Waals surface area contributed by atoms with Gasteiger partial charge in [0.05, 0.1) is 11.0 Å². The van der Waals surface area contributed by atoms with Gasteiger partial charge in [-0.15, -0.1) is 0 Å². The van der Waals surface area contributed by atoms with Crippen LogP contribution in [0, 0.1) is 12.8 Å². The predicted octanol–water partition coefficient (Wildman–Crippen LogP) is 1.50. The van der Waals surface area contributed by atoms with Gasteiger partial charge in [-0.05, 0) is 25.1 Å². The molecule has 2 aromatic rings. The van der Waals surface area contributed by atoms with Gasteiger partial charge in [0, 0.05) is 31.2 Å². The lowest BCUT2D eigenvalue weighted by Gasteiger charge is -2.27. The highest BCUT2D eigenvalue weighted by Crippen LogP contribution is 2.17. The van der Waals surface area contributed by atoms with Crippen molar-refractivity contribution in [2.75, 3.05) is 25.0 Å². The second-order valence-corrected chi connectivity index (χ2v) is 4.46. The van der Waals surface area contributed by atoms with Crippen LogP contribution in [0.1, 0.15) is 5.82 Å². The topological polar surface area (TPSA) is 52.7 Å². The molecule has 0 aliphatic carbocycles. The van der Waals surface area contributed by atoms with Gasteiger partial charge in [0.15, 0.2) is 0 Å². The Morgan fingerprint density at radius 3 is 3.06 bits per heavy atom. The zero-order valence-electron chi connectivity index (χ0n) is 9.38. The van der Waals surface area contributed by atoms with Gasteiger partial charge in [-0.1, -0.05) is 0 Å². The van der Waals surface area contributed by atoms with Crippen LogP contribution in [0.5, 0.6) is 0 Å². The number of rotatable bonds is 3. The number of hydrogen-bond acceptors (Lipinski definition) is 3. The number of H-pyrrole nitrogens is 1. The number of aromatic amines is 1. The van der Waals surface area contributed by atoms with E-state index in [0.717, 1.165) is 42.4 Å². The van der Waals surface area contributed by atoms with Crippen molar-refractivity contribution in [2.24, 2.45) is 5.92 Å². The number of aryl methyl sites for hydroxylation is 1. The zero-order chi connectivity index (χ0) is 11.0. The third kappa shape index (κ3) is 1.76. The summed E-state index contributed by atoms with van der Waals surface area (Å²) in [4.78, 5) is 7.63. The Bertz CT molecular complexity index is 499. The molecule has 0 saturated carbocycles. The number of hydrogen-bond donors (Lipinski definition) is 3. The van der Waals surface area contributed by atoms with E-state index >= 15 is 0 Å². The quantitative estimate of drug-likeness (QED) is 0.729. The minimum atomic E-state index is 0.777. The predicted molar refractivity (Wildman–Crippen MR) is 65.7 cm³/mol. The van der Waals surface area contributed by atoms with Gasteiger partial charge in [0.2, 0.25) is 0 Å². The fourth-order valence-electron chi connectivity index (χ4n) is 2.00. The lowest BCUT2D eigenvalue weighted by atomic mass is 10.0. The fraction of sp³-hybridized carbons (Fsp3) is 0.417. The average Bonchev–Trinajstić information content (AvgIpc) is 2.55. The van der Waals surface area contributed by atoms with E-state index in [-0.39, 0.29) is 0 Å². The van der Waals surface area contributed by atoms with Crippen molar-refractivity contribution in [3.63, 3.8) is 0 Å². The van der Waals surface area contributed by atoms with Crippen molar-refractivity contribution in [2.45, 2.75) is 6.92 Å². The first-order valence-electron chi connectivity index (χ1n) is 5.72. The molecule has 3 rings (SSSR count). The molecule has 4 nitrogen and oxygen atoms in total. The molecule has 0 atom stereocenters. The standard InChI is InChI=1S/C12H16N4/c1-8-15-11-3-2-10(4-12(11)16-8)14-7-9-5-13-6-9/h2-4,9,13-14H,5-7H2,1H3,(H,15,16). The summed E-state index contributed by atoms with van der Waals surface area (Å²) >= 11 is 0. The molecule has 1 saturated heterocycles. The van der Waals surface area contributed by atoms with Crippen LogP contribution in [0.15, 0.2) is 18.2 Å². The van der Waals surface area contributed by atoms with Crippen LogP contribution in [-0.2, 0) is 0 Å². The Balaban J connectivity index is 1.75. The molecule has 4 heteroatoms. The largest absolute Gasteiger partial charge is 0.385 e. The van der Waals surface area contributed by atoms with Gasteiger partial charge < -0.3 is 15.6 Å². The summed E-state index contributed by atoms with van der Waals surface area (Å²) < 4.78 is 0. The second-order valence-electron chi connectivity index (χ2n) is 4.46. The fourth-order valence-corrected chi connectivity index (χ4v) is 2.00. The summed E-state index contributed by atoms with van der Waals surface area (Å²) in [6.45, 7) is 5.30. The van der Waals surface area contributed by atoms with E-state index in [9.17, 15) is 0 Å². The molecule has 1 aromatic carbocycles. The molecule has 0 unspecified atom stereocenters. The molecule has 84 valence electrons. The number of benzene rings is 1. The van der Waals surface area contributed by atoms with E-state index in [1.807, 2.05) is 6.92 Å². The number of aromatic nitrogens is 2. The summed E-state index contributed by atoms with van der Waals surface area (Å²) in [5.41, 5.74) is 3.31. The van der Waals surface area contributed by atoms with Crippen LogP contribution in [0.4, 0.5) is 5.69 Å². The highest BCUT2D eigenvalue weighted by molar-refractivity contribution is 5.79. The Kier molecular flexibility index (Phi) is 2.29. The minimum Gasteiger partial charge on any atom is -0.385 e. The van der Waals surface area contributed by atoms with E-state index in [2.05, 4.69) is 38.8 Å². The molecular formula is C12H16N4. The van der Waals surface area contributed by atoms with E-state index in [4.69, 9.17) is 0 Å². The number of nitrogens with one attached hydrogen (secondary N) is 3. The Morgan fingerprint density at radius 2 is 2.31 bits per heavy atom. The average molecular weight is 216 g/mol. The van der Waals surface area contributed by atoms with Crippen molar-refractivity contribution in [3.8, 4) is 0 Å².